The van der Waals surface area contributed by atoms with Gasteiger partial charge < -0.3 is 4.52 Å². The summed E-state index contributed by atoms with van der Waals surface area (Å²) in [7, 11) is 0. The Bertz CT molecular complexity index is 578. The second kappa shape index (κ2) is 7.07. The zero-order valence-electron chi connectivity index (χ0n) is 12.0. The summed E-state index contributed by atoms with van der Waals surface area (Å²) in [6.07, 6.45) is 1.97. The second-order valence-electron chi connectivity index (χ2n) is 5.33. The molecular weight excluding hydrogens is 278 g/mol. The topological polar surface area (TPSA) is 85.9 Å². The first-order valence-electron chi connectivity index (χ1n) is 6.16. The van der Waals surface area contributed by atoms with Crippen molar-refractivity contribution in [2.75, 3.05) is 0 Å². The van der Waals surface area contributed by atoms with E-state index in [0.29, 0.717) is 11.7 Å². The first kappa shape index (κ1) is 16.2. The molecule has 0 aliphatic heterocycles. The fraction of sp³-hybridized carbons (Fsp3) is 0.538. The average Bonchev–Trinajstić information content (AvgIpc) is 2.95. The van der Waals surface area contributed by atoms with Gasteiger partial charge in [0.2, 0.25) is 11.7 Å². The summed E-state index contributed by atoms with van der Waals surface area (Å²) in [4.78, 5) is 25.1. The third kappa shape index (κ3) is 5.03. The van der Waals surface area contributed by atoms with Crippen molar-refractivity contribution in [1.82, 2.24) is 15.1 Å². The van der Waals surface area contributed by atoms with Gasteiger partial charge in [-0.25, -0.2) is 4.98 Å². The molecule has 0 aromatic carbocycles. The van der Waals surface area contributed by atoms with Crippen LogP contribution in [0.1, 0.15) is 39.3 Å². The molecule has 0 bridgehead atoms. The van der Waals surface area contributed by atoms with Crippen LogP contribution >= 0.6 is 11.3 Å². The molecule has 0 fully saturated rings. The lowest BCUT2D eigenvalue weighted by Crippen LogP contribution is -2.09. The van der Waals surface area contributed by atoms with Crippen molar-refractivity contribution in [3.05, 3.63) is 17.0 Å². The van der Waals surface area contributed by atoms with E-state index in [2.05, 4.69) is 42.8 Å². The van der Waals surface area contributed by atoms with Crippen molar-refractivity contribution in [2.45, 2.75) is 40.5 Å². The van der Waals surface area contributed by atoms with E-state index >= 15 is 0 Å². The zero-order valence-corrected chi connectivity index (χ0v) is 12.8. The van der Waals surface area contributed by atoms with Crippen LogP contribution in [0, 0.1) is 5.41 Å². The van der Waals surface area contributed by atoms with Crippen LogP contribution in [-0.2, 0) is 22.4 Å². The molecule has 0 aliphatic rings. The van der Waals surface area contributed by atoms with Gasteiger partial charge in [-0.15, -0.1) is 11.3 Å². The van der Waals surface area contributed by atoms with E-state index in [0.717, 1.165) is 23.5 Å². The number of carbonyl (C=O) groups excluding carboxylic acids is 2. The van der Waals surface area contributed by atoms with Gasteiger partial charge in [0, 0.05) is 11.8 Å². The summed E-state index contributed by atoms with van der Waals surface area (Å²) < 4.78 is 5.24. The maximum Gasteiger partial charge on any atom is 0.373 e. The van der Waals surface area contributed by atoms with Gasteiger partial charge in [0.25, 0.3) is 0 Å². The van der Waals surface area contributed by atoms with E-state index in [1.165, 1.54) is 0 Å². The lowest BCUT2D eigenvalue weighted by molar-refractivity contribution is -0.191. The first-order chi connectivity index (χ1) is 9.39. The van der Waals surface area contributed by atoms with Crippen LogP contribution in [0.2, 0.25) is 0 Å². The molecule has 0 aliphatic carbocycles. The smallest absolute Gasteiger partial charge is 0.339 e. The monoisotopic (exact) mass is 295 g/mol. The van der Waals surface area contributed by atoms with Crippen LogP contribution in [0.3, 0.4) is 0 Å². The molecule has 0 unspecified atom stereocenters. The molecule has 2 rings (SSSR count). The molecule has 0 N–H and O–H groups in total. The Labute approximate surface area is 121 Å². The van der Waals surface area contributed by atoms with Crippen molar-refractivity contribution in [1.29, 1.82) is 0 Å². The fourth-order valence-electron chi connectivity index (χ4n) is 1.44. The van der Waals surface area contributed by atoms with Crippen molar-refractivity contribution in [2.24, 2.45) is 5.41 Å². The fourth-order valence-corrected chi connectivity index (χ4v) is 2.26. The largest absolute Gasteiger partial charge is 0.373 e. The molecule has 0 amide bonds. The van der Waals surface area contributed by atoms with E-state index in [4.69, 9.17) is 14.1 Å². The van der Waals surface area contributed by atoms with E-state index in [1.54, 1.807) is 11.3 Å². The highest BCUT2D eigenvalue weighted by atomic mass is 32.1. The maximum absolute atomic E-state index is 8.12. The highest BCUT2D eigenvalue weighted by Gasteiger charge is 2.18. The van der Waals surface area contributed by atoms with Crippen molar-refractivity contribution in [3.8, 4) is 10.8 Å². The van der Waals surface area contributed by atoms with Gasteiger partial charge in [0.15, 0.2) is 5.01 Å². The number of hydrogen-bond donors (Lipinski definition) is 0. The molecule has 0 saturated heterocycles. The highest BCUT2D eigenvalue weighted by molar-refractivity contribution is 7.13. The van der Waals surface area contributed by atoms with Gasteiger partial charge >= 0.3 is 6.15 Å². The number of rotatable bonds is 3. The van der Waals surface area contributed by atoms with E-state index in [-0.39, 0.29) is 11.6 Å². The predicted molar refractivity (Wildman–Crippen MR) is 73.0 cm³/mol. The summed E-state index contributed by atoms with van der Waals surface area (Å²) in [6.45, 7) is 8.53. The molecule has 0 spiro atoms. The van der Waals surface area contributed by atoms with Crippen molar-refractivity contribution in [3.63, 3.8) is 0 Å². The van der Waals surface area contributed by atoms with Crippen LogP contribution in [-0.4, -0.2) is 21.3 Å². The van der Waals surface area contributed by atoms with Crippen LogP contribution < -0.4 is 0 Å². The summed E-state index contributed by atoms with van der Waals surface area (Å²) in [5.41, 5.74) is 1.23. The lowest BCUT2D eigenvalue weighted by atomic mass is 9.92. The van der Waals surface area contributed by atoms with E-state index in [1.807, 2.05) is 5.38 Å². The van der Waals surface area contributed by atoms with Crippen LogP contribution in [0.5, 0.6) is 0 Å². The summed E-state index contributed by atoms with van der Waals surface area (Å²) in [6, 6.07) is 0. The van der Waals surface area contributed by atoms with Gasteiger partial charge in [0.1, 0.15) is 0 Å². The number of hydrogen-bond acceptors (Lipinski definition) is 7. The third-order valence-corrected chi connectivity index (χ3v) is 3.14. The predicted octanol–water partition coefficient (Wildman–Crippen LogP) is 2.76. The van der Waals surface area contributed by atoms with Crippen molar-refractivity contribution >= 4 is 17.5 Å². The summed E-state index contributed by atoms with van der Waals surface area (Å²) in [5, 5.41) is 6.86. The molecule has 108 valence electrons. The van der Waals surface area contributed by atoms with Crippen molar-refractivity contribution < 1.29 is 14.1 Å². The van der Waals surface area contributed by atoms with E-state index in [9.17, 15) is 0 Å². The lowest BCUT2D eigenvalue weighted by Gasteiger charge is -2.13. The van der Waals surface area contributed by atoms with Crippen LogP contribution in [0.25, 0.3) is 10.8 Å². The molecule has 6 nitrogen and oxygen atoms in total. The number of aromatic nitrogens is 3. The Balaban J connectivity index is 0.000000612. The molecule has 0 saturated carbocycles. The molecular formula is C13H17N3O3S. The second-order valence-corrected chi connectivity index (χ2v) is 6.19. The summed E-state index contributed by atoms with van der Waals surface area (Å²) >= 11 is 1.56. The number of thiazole rings is 1. The molecule has 2 aromatic heterocycles. The van der Waals surface area contributed by atoms with Crippen LogP contribution in [0.15, 0.2) is 9.90 Å². The van der Waals surface area contributed by atoms with Gasteiger partial charge in [-0.05, 0) is 11.8 Å². The molecule has 2 aromatic rings. The summed E-state index contributed by atoms with van der Waals surface area (Å²) in [5.74, 6) is 1.29. The number of nitrogens with zero attached hydrogens (tertiary/aromatic N) is 3. The Hall–Kier alpha value is -1.85. The molecule has 2 heterocycles. The Morgan fingerprint density at radius 2 is 1.95 bits per heavy atom. The molecule has 0 atom stereocenters. The quantitative estimate of drug-likeness (QED) is 0.865. The molecule has 20 heavy (non-hydrogen) atoms. The highest BCUT2D eigenvalue weighted by Crippen LogP contribution is 2.24. The Kier molecular flexibility index (Phi) is 5.73. The van der Waals surface area contributed by atoms with Gasteiger partial charge in [-0.2, -0.15) is 14.6 Å². The normalized spacial score (nSPS) is 10.6. The molecule has 7 heteroatoms. The average molecular weight is 295 g/mol. The SMILES string of the molecule is CCc1csc(-c2noc(CC(C)(C)C)n2)n1.O=C=O. The van der Waals surface area contributed by atoms with Crippen LogP contribution in [0.4, 0.5) is 0 Å². The van der Waals surface area contributed by atoms with Gasteiger partial charge in [0.05, 0.1) is 5.69 Å². The van der Waals surface area contributed by atoms with Gasteiger partial charge in [-0.1, -0.05) is 32.9 Å². The first-order valence-corrected chi connectivity index (χ1v) is 7.04. The zero-order chi connectivity index (χ0) is 15.2. The minimum atomic E-state index is 0.154. The van der Waals surface area contributed by atoms with E-state index < -0.39 is 0 Å². The standard InChI is InChI=1S/C12H17N3OS.CO2/c1-5-8-7-17-11(13-8)10-14-9(16-15-10)6-12(2,3)4;2-1-3/h7H,5-6H2,1-4H3;. The number of aryl methyl sites for hydroxylation is 1. The third-order valence-electron chi connectivity index (χ3n) is 2.25. The minimum absolute atomic E-state index is 0.154. The Morgan fingerprint density at radius 1 is 1.30 bits per heavy atom. The maximum atomic E-state index is 8.12. The van der Waals surface area contributed by atoms with Gasteiger partial charge in [-0.3, -0.25) is 0 Å². The minimum Gasteiger partial charge on any atom is -0.339 e. The Morgan fingerprint density at radius 3 is 2.45 bits per heavy atom. The molecule has 0 radical (unpaired) electrons.